The molecule has 4 N–H and O–H groups in total. The quantitative estimate of drug-likeness (QED) is 0.249. The first kappa shape index (κ1) is 30.3. The Balaban J connectivity index is 1.45. The summed E-state index contributed by atoms with van der Waals surface area (Å²) in [6, 6.07) is 16.5. The number of aromatic amines is 1. The van der Waals surface area contributed by atoms with Crippen molar-refractivity contribution in [3.8, 4) is 22.4 Å². The van der Waals surface area contributed by atoms with E-state index < -0.39 is 29.5 Å². The molecule has 2 atom stereocenters. The zero-order valence-corrected chi connectivity index (χ0v) is 26.0. The van der Waals surface area contributed by atoms with Crippen LogP contribution in [0.1, 0.15) is 44.7 Å². The van der Waals surface area contributed by atoms with Gasteiger partial charge in [0.2, 0.25) is 0 Å². The summed E-state index contributed by atoms with van der Waals surface area (Å²) in [5, 5.41) is 8.14. The number of nitrogens with zero attached hydrogens (tertiary/aromatic N) is 2. The number of hydrogen-bond acceptors (Lipinski definition) is 6. The molecule has 0 aliphatic carbocycles. The lowest BCUT2D eigenvalue weighted by atomic mass is 9.84. The number of H-pyrrole nitrogens is 1. The molecule has 2 aliphatic rings. The van der Waals surface area contributed by atoms with Gasteiger partial charge >= 0.3 is 12.0 Å². The molecule has 2 aromatic carbocycles. The number of rotatable bonds is 3. The molecule has 6 rings (SSSR count). The third-order valence-electron chi connectivity index (χ3n) is 8.49. The van der Waals surface area contributed by atoms with E-state index in [-0.39, 0.29) is 18.9 Å². The first-order chi connectivity index (χ1) is 21.7. The molecule has 2 aliphatic heterocycles. The first-order valence-corrected chi connectivity index (χ1v) is 15.6. The minimum Gasteiger partial charge on any atom is -0.464 e. The van der Waals surface area contributed by atoms with Crippen LogP contribution >= 0.6 is 0 Å². The van der Waals surface area contributed by atoms with E-state index in [2.05, 4.69) is 70.2 Å². The monoisotopic (exact) mass is 608 g/mol. The first-order valence-electron chi connectivity index (χ1n) is 15.6. The molecule has 4 aromatic rings. The second-order valence-electron chi connectivity index (χ2n) is 12.7. The SMILES string of the molecule is CCNC(=O)NC1Cc2cccc(c2)-c2ccc3[nH]c(-c4cccnc4)c(c3c2)CC(C)(C)COC(=O)C2CCCN(N2)C1=O. The third-order valence-corrected chi connectivity index (χ3v) is 8.49. The summed E-state index contributed by atoms with van der Waals surface area (Å²) in [7, 11) is 0. The van der Waals surface area contributed by atoms with Gasteiger partial charge in [0.25, 0.3) is 5.91 Å². The lowest BCUT2D eigenvalue weighted by Crippen LogP contribution is -2.61. The van der Waals surface area contributed by atoms with Crippen molar-refractivity contribution in [2.24, 2.45) is 5.41 Å². The minimum atomic E-state index is -0.840. The summed E-state index contributed by atoms with van der Waals surface area (Å²) in [5.74, 6) is -0.691. The van der Waals surface area contributed by atoms with E-state index in [4.69, 9.17) is 4.74 Å². The van der Waals surface area contributed by atoms with Crippen LogP contribution < -0.4 is 16.1 Å². The standard InChI is InChI=1S/C35H40N6O4/c1-4-37-34(44)39-30-17-22-8-5-9-23(16-22)24-12-13-28-26(18-24)27(31(38-28)25-10-6-14-36-20-25)19-35(2,3)21-45-33(43)29-11-7-15-41(40-29)32(30)42/h5-6,8-10,12-14,16,18,20,29-30,38,40H,4,7,11,15,17,19,21H2,1-3H3,(H2,37,39,44). The highest BCUT2D eigenvalue weighted by molar-refractivity contribution is 5.94. The Morgan fingerprint density at radius 3 is 2.71 bits per heavy atom. The number of nitrogens with one attached hydrogen (secondary N) is 4. The van der Waals surface area contributed by atoms with E-state index in [1.165, 1.54) is 5.01 Å². The Bertz CT molecular complexity index is 1720. The van der Waals surface area contributed by atoms with E-state index in [0.717, 1.165) is 44.4 Å². The van der Waals surface area contributed by atoms with E-state index in [1.54, 1.807) is 6.20 Å². The Hall–Kier alpha value is -4.70. The highest BCUT2D eigenvalue weighted by Gasteiger charge is 2.34. The van der Waals surface area contributed by atoms with Gasteiger partial charge in [-0.3, -0.25) is 19.6 Å². The van der Waals surface area contributed by atoms with Crippen molar-refractivity contribution in [1.29, 1.82) is 0 Å². The van der Waals surface area contributed by atoms with Crippen LogP contribution in [0, 0.1) is 5.41 Å². The number of cyclic esters (lactones) is 1. The van der Waals surface area contributed by atoms with Gasteiger partial charge in [0.15, 0.2) is 0 Å². The van der Waals surface area contributed by atoms with Gasteiger partial charge < -0.3 is 20.4 Å². The largest absolute Gasteiger partial charge is 0.464 e. The van der Waals surface area contributed by atoms with Crippen LogP contribution in [0.15, 0.2) is 67.0 Å². The molecule has 3 amide bonds. The number of pyridine rings is 1. The highest BCUT2D eigenvalue weighted by atomic mass is 16.5. The lowest BCUT2D eigenvalue weighted by Gasteiger charge is -2.35. The molecule has 4 heterocycles. The van der Waals surface area contributed by atoms with Crippen molar-refractivity contribution < 1.29 is 19.1 Å². The van der Waals surface area contributed by atoms with Crippen molar-refractivity contribution in [2.45, 2.75) is 58.5 Å². The van der Waals surface area contributed by atoms with Gasteiger partial charge in [0.05, 0.1) is 12.3 Å². The lowest BCUT2D eigenvalue weighted by molar-refractivity contribution is -0.155. The molecule has 10 heteroatoms. The zero-order valence-electron chi connectivity index (χ0n) is 26.0. The number of carbonyl (C=O) groups is 3. The number of fused-ring (bicyclic) bond motifs is 6. The molecular weight excluding hydrogens is 568 g/mol. The maximum Gasteiger partial charge on any atom is 0.324 e. The predicted molar refractivity (Wildman–Crippen MR) is 173 cm³/mol. The van der Waals surface area contributed by atoms with Crippen LogP contribution in [-0.2, 0) is 27.2 Å². The zero-order chi connectivity index (χ0) is 31.6. The summed E-state index contributed by atoms with van der Waals surface area (Å²) in [6.07, 6.45) is 5.75. The number of benzene rings is 2. The fourth-order valence-electron chi connectivity index (χ4n) is 6.25. The van der Waals surface area contributed by atoms with Crippen molar-refractivity contribution in [2.75, 3.05) is 19.7 Å². The minimum absolute atomic E-state index is 0.209. The van der Waals surface area contributed by atoms with Crippen LogP contribution in [-0.4, -0.2) is 64.7 Å². The number of hydrazine groups is 1. The van der Waals surface area contributed by atoms with Crippen molar-refractivity contribution >= 4 is 28.8 Å². The van der Waals surface area contributed by atoms with Crippen molar-refractivity contribution in [3.63, 3.8) is 0 Å². The Morgan fingerprint density at radius 1 is 1.09 bits per heavy atom. The van der Waals surface area contributed by atoms with Crippen LogP contribution in [0.3, 0.4) is 0 Å². The van der Waals surface area contributed by atoms with Crippen molar-refractivity contribution in [1.82, 2.24) is 31.0 Å². The second-order valence-corrected chi connectivity index (χ2v) is 12.7. The fourth-order valence-corrected chi connectivity index (χ4v) is 6.25. The molecule has 0 radical (unpaired) electrons. The van der Waals surface area contributed by atoms with E-state index in [1.807, 2.05) is 37.4 Å². The van der Waals surface area contributed by atoms with E-state index in [0.29, 0.717) is 32.4 Å². The maximum atomic E-state index is 13.8. The molecule has 234 valence electrons. The van der Waals surface area contributed by atoms with E-state index >= 15 is 0 Å². The number of amides is 3. The molecule has 0 spiro atoms. The number of hydrogen-bond donors (Lipinski definition) is 4. The molecule has 2 unspecified atom stereocenters. The highest BCUT2D eigenvalue weighted by Crippen LogP contribution is 2.37. The van der Waals surface area contributed by atoms with Gasteiger partial charge in [-0.15, -0.1) is 0 Å². The van der Waals surface area contributed by atoms with Gasteiger partial charge in [-0.05, 0) is 72.7 Å². The molecule has 1 saturated heterocycles. The smallest absolute Gasteiger partial charge is 0.324 e. The average Bonchev–Trinajstić information content (AvgIpc) is 3.40. The molecule has 45 heavy (non-hydrogen) atoms. The van der Waals surface area contributed by atoms with E-state index in [9.17, 15) is 14.4 Å². The molecule has 2 aromatic heterocycles. The van der Waals surface area contributed by atoms with Gasteiger partial charge in [0.1, 0.15) is 12.1 Å². The maximum absolute atomic E-state index is 13.8. The number of esters is 1. The van der Waals surface area contributed by atoms with Crippen LogP contribution in [0.5, 0.6) is 0 Å². The Kier molecular flexibility index (Phi) is 8.58. The van der Waals surface area contributed by atoms with Crippen LogP contribution in [0.2, 0.25) is 0 Å². The Morgan fingerprint density at radius 2 is 1.91 bits per heavy atom. The molecule has 0 saturated carbocycles. The number of urea groups is 1. The van der Waals surface area contributed by atoms with Crippen LogP contribution in [0.25, 0.3) is 33.3 Å². The Labute approximate surface area is 262 Å². The van der Waals surface area contributed by atoms with Gasteiger partial charge in [0, 0.05) is 53.8 Å². The number of ether oxygens (including phenoxy) is 1. The summed E-state index contributed by atoms with van der Waals surface area (Å²) >= 11 is 0. The summed E-state index contributed by atoms with van der Waals surface area (Å²) in [4.78, 5) is 47.7. The van der Waals surface area contributed by atoms with Gasteiger partial charge in [-0.25, -0.2) is 10.2 Å². The number of aromatic nitrogens is 2. The summed E-state index contributed by atoms with van der Waals surface area (Å²) in [5.41, 5.74) is 9.79. The predicted octanol–water partition coefficient (Wildman–Crippen LogP) is 4.75. The van der Waals surface area contributed by atoms with Crippen molar-refractivity contribution in [3.05, 3.63) is 78.1 Å². The van der Waals surface area contributed by atoms with Gasteiger partial charge in [-0.2, -0.15) is 0 Å². The summed E-state index contributed by atoms with van der Waals surface area (Å²) in [6.45, 7) is 7.08. The topological polar surface area (TPSA) is 128 Å². The second kappa shape index (κ2) is 12.7. The normalized spacial score (nSPS) is 20.3. The van der Waals surface area contributed by atoms with Crippen LogP contribution in [0.4, 0.5) is 4.79 Å². The summed E-state index contributed by atoms with van der Waals surface area (Å²) < 4.78 is 5.91. The third kappa shape index (κ3) is 6.71. The van der Waals surface area contributed by atoms with Gasteiger partial charge in [-0.1, -0.05) is 44.2 Å². The average molecular weight is 609 g/mol. The number of carbonyl (C=O) groups excluding carboxylic acids is 3. The molecule has 6 bridgehead atoms. The molecular formula is C35H40N6O4. The molecule has 10 nitrogen and oxygen atoms in total. The fraction of sp³-hybridized carbons (Fsp3) is 0.371. The molecule has 1 fully saturated rings.